The van der Waals surface area contributed by atoms with E-state index in [4.69, 9.17) is 23.4 Å². The zero-order valence-corrected chi connectivity index (χ0v) is 19.7. The lowest BCUT2D eigenvalue weighted by Crippen LogP contribution is -2.51. The maximum Gasteiger partial charge on any atom is 0.409 e. The molecular weight excluding hydrogens is 462 g/mol. The lowest BCUT2D eigenvalue weighted by Gasteiger charge is -2.33. The van der Waals surface area contributed by atoms with Crippen molar-refractivity contribution < 1.29 is 42.5 Å². The number of amides is 3. The number of rotatable bonds is 8. The van der Waals surface area contributed by atoms with Crippen LogP contribution in [0, 0.1) is 0 Å². The quantitative estimate of drug-likeness (QED) is 0.552. The summed E-state index contributed by atoms with van der Waals surface area (Å²) in [5.41, 5.74) is 0.0482. The Bertz CT molecular complexity index is 1060. The molecule has 1 aliphatic rings. The van der Waals surface area contributed by atoms with Crippen molar-refractivity contribution in [2.45, 2.75) is 6.92 Å². The van der Waals surface area contributed by atoms with E-state index in [1.54, 1.807) is 13.0 Å². The van der Waals surface area contributed by atoms with Gasteiger partial charge in [-0.2, -0.15) is 0 Å². The summed E-state index contributed by atoms with van der Waals surface area (Å²) < 4.78 is 25.8. The van der Waals surface area contributed by atoms with Gasteiger partial charge in [-0.15, -0.1) is 0 Å². The van der Waals surface area contributed by atoms with Crippen molar-refractivity contribution in [1.82, 2.24) is 9.80 Å². The lowest BCUT2D eigenvalue weighted by molar-refractivity contribution is -0.136. The van der Waals surface area contributed by atoms with Crippen LogP contribution in [-0.4, -0.2) is 87.3 Å². The highest BCUT2D eigenvalue weighted by molar-refractivity contribution is 6.07. The van der Waals surface area contributed by atoms with Crippen LogP contribution < -0.4 is 14.8 Å². The molecule has 0 bridgehead atoms. The topological polar surface area (TPSA) is 137 Å². The zero-order valence-electron chi connectivity index (χ0n) is 19.7. The second-order valence-electron chi connectivity index (χ2n) is 7.33. The normalized spacial score (nSPS) is 13.1. The Balaban J connectivity index is 1.67. The minimum atomic E-state index is -0.848. The number of ether oxygens (including phenoxy) is 4. The summed E-state index contributed by atoms with van der Waals surface area (Å²) in [5, 5.41) is 2.58. The Hall–Kier alpha value is -4.22. The van der Waals surface area contributed by atoms with E-state index in [1.165, 1.54) is 48.5 Å². The first-order valence-corrected chi connectivity index (χ1v) is 10.8. The SMILES string of the molecule is CCOC(=O)N1CCN(C(=O)COC(=O)c2cc(OC)c(OC)cc2NC(=O)c2ccco2)CC1. The Kier molecular flexibility index (Phi) is 8.54. The maximum absolute atomic E-state index is 12.9. The molecule has 0 spiro atoms. The second-order valence-corrected chi connectivity index (χ2v) is 7.33. The number of benzene rings is 1. The smallest absolute Gasteiger partial charge is 0.409 e. The van der Waals surface area contributed by atoms with Crippen molar-refractivity contribution in [3.63, 3.8) is 0 Å². The van der Waals surface area contributed by atoms with Crippen LogP contribution in [0.2, 0.25) is 0 Å². The molecule has 1 N–H and O–H groups in total. The van der Waals surface area contributed by atoms with Gasteiger partial charge in [-0.3, -0.25) is 9.59 Å². The molecule has 0 aliphatic carbocycles. The van der Waals surface area contributed by atoms with E-state index in [-0.39, 0.29) is 48.2 Å². The molecule has 2 heterocycles. The number of hydrogen-bond donors (Lipinski definition) is 1. The Labute approximate surface area is 201 Å². The van der Waals surface area contributed by atoms with Gasteiger partial charge >= 0.3 is 12.1 Å². The van der Waals surface area contributed by atoms with Crippen molar-refractivity contribution in [2.24, 2.45) is 0 Å². The molecule has 3 rings (SSSR count). The minimum absolute atomic E-state index is 0.0382. The molecule has 0 atom stereocenters. The number of furan rings is 1. The summed E-state index contributed by atoms with van der Waals surface area (Å²) in [4.78, 5) is 52.7. The predicted octanol–water partition coefficient (Wildman–Crippen LogP) is 2.01. The van der Waals surface area contributed by atoms with Crippen molar-refractivity contribution in [3.8, 4) is 11.5 Å². The summed E-state index contributed by atoms with van der Waals surface area (Å²) in [7, 11) is 2.81. The summed E-state index contributed by atoms with van der Waals surface area (Å²) in [6, 6.07) is 5.78. The van der Waals surface area contributed by atoms with Gasteiger partial charge in [0.05, 0.1) is 38.3 Å². The van der Waals surface area contributed by atoms with Gasteiger partial charge in [-0.25, -0.2) is 9.59 Å². The molecule has 1 fully saturated rings. The summed E-state index contributed by atoms with van der Waals surface area (Å²) >= 11 is 0. The molecule has 1 aromatic carbocycles. The van der Waals surface area contributed by atoms with Crippen molar-refractivity contribution in [3.05, 3.63) is 41.9 Å². The zero-order chi connectivity index (χ0) is 25.4. The van der Waals surface area contributed by atoms with Crippen LogP contribution in [0.15, 0.2) is 34.9 Å². The first-order chi connectivity index (χ1) is 16.9. The largest absolute Gasteiger partial charge is 0.493 e. The number of nitrogens with one attached hydrogen (secondary N) is 1. The van der Waals surface area contributed by atoms with Gasteiger partial charge in [0.15, 0.2) is 23.9 Å². The van der Waals surface area contributed by atoms with E-state index in [0.717, 1.165) is 0 Å². The number of nitrogens with zero attached hydrogens (tertiary/aromatic N) is 2. The molecule has 188 valence electrons. The average molecular weight is 489 g/mol. The van der Waals surface area contributed by atoms with Crippen molar-refractivity contribution in [2.75, 3.05) is 58.9 Å². The predicted molar refractivity (Wildman–Crippen MR) is 122 cm³/mol. The van der Waals surface area contributed by atoms with Gasteiger partial charge in [-0.1, -0.05) is 0 Å². The standard InChI is InChI=1S/C23H27N3O9/c1-4-33-23(30)26-9-7-25(8-10-26)20(27)14-35-22(29)15-12-18(31-2)19(32-3)13-16(15)24-21(28)17-6-5-11-34-17/h5-6,11-13H,4,7-10,14H2,1-3H3,(H,24,28). The van der Waals surface area contributed by atoms with E-state index in [9.17, 15) is 19.2 Å². The molecular formula is C23H27N3O9. The van der Waals surface area contributed by atoms with Crippen LogP contribution in [0.25, 0.3) is 0 Å². The number of esters is 1. The van der Waals surface area contributed by atoms with Gasteiger partial charge in [0, 0.05) is 38.3 Å². The highest BCUT2D eigenvalue weighted by atomic mass is 16.6. The molecule has 0 unspecified atom stereocenters. The summed E-state index contributed by atoms with van der Waals surface area (Å²) in [5.74, 6) is -1.31. The molecule has 2 aromatic rings. The minimum Gasteiger partial charge on any atom is -0.493 e. The number of anilines is 1. The number of carbonyl (C=O) groups excluding carboxylic acids is 4. The molecule has 35 heavy (non-hydrogen) atoms. The van der Waals surface area contributed by atoms with Crippen LogP contribution in [0.1, 0.15) is 27.8 Å². The summed E-state index contributed by atoms with van der Waals surface area (Å²) in [6.07, 6.45) is 0.917. The molecule has 3 amide bonds. The van der Waals surface area contributed by atoms with Crippen molar-refractivity contribution in [1.29, 1.82) is 0 Å². The maximum atomic E-state index is 12.9. The third kappa shape index (κ3) is 6.22. The van der Waals surface area contributed by atoms with Crippen molar-refractivity contribution >= 4 is 29.6 Å². The van der Waals surface area contributed by atoms with Crippen LogP contribution in [0.3, 0.4) is 0 Å². The molecule has 1 aliphatic heterocycles. The fourth-order valence-electron chi connectivity index (χ4n) is 3.39. The fourth-order valence-corrected chi connectivity index (χ4v) is 3.39. The number of piperazine rings is 1. The van der Waals surface area contributed by atoms with Crippen LogP contribution >= 0.6 is 0 Å². The van der Waals surface area contributed by atoms with Gasteiger partial charge in [0.1, 0.15) is 0 Å². The number of carbonyl (C=O) groups is 4. The first kappa shape index (κ1) is 25.4. The number of hydrogen-bond acceptors (Lipinski definition) is 9. The monoisotopic (exact) mass is 489 g/mol. The fraction of sp³-hybridized carbons (Fsp3) is 0.391. The number of methoxy groups -OCH3 is 2. The van der Waals surface area contributed by atoms with E-state index in [0.29, 0.717) is 13.1 Å². The molecule has 0 radical (unpaired) electrons. The van der Waals surface area contributed by atoms with Gasteiger partial charge in [-0.05, 0) is 19.1 Å². The Morgan fingerprint density at radius 1 is 0.971 bits per heavy atom. The highest BCUT2D eigenvalue weighted by Crippen LogP contribution is 2.34. The Morgan fingerprint density at radius 3 is 2.23 bits per heavy atom. The van der Waals surface area contributed by atoms with Crippen LogP contribution in [0.5, 0.6) is 11.5 Å². The van der Waals surface area contributed by atoms with Crippen LogP contribution in [-0.2, 0) is 14.3 Å². The molecule has 1 saturated heterocycles. The summed E-state index contributed by atoms with van der Waals surface area (Å²) in [6.45, 7) is 2.69. The van der Waals surface area contributed by atoms with E-state index in [2.05, 4.69) is 5.32 Å². The molecule has 0 saturated carbocycles. The van der Waals surface area contributed by atoms with E-state index < -0.39 is 30.5 Å². The van der Waals surface area contributed by atoms with Crippen LogP contribution in [0.4, 0.5) is 10.5 Å². The lowest BCUT2D eigenvalue weighted by atomic mass is 10.1. The van der Waals surface area contributed by atoms with E-state index in [1.807, 2.05) is 0 Å². The molecule has 12 nitrogen and oxygen atoms in total. The third-order valence-electron chi connectivity index (χ3n) is 5.22. The van der Waals surface area contributed by atoms with Gasteiger partial charge in [0.2, 0.25) is 0 Å². The highest BCUT2D eigenvalue weighted by Gasteiger charge is 2.26. The van der Waals surface area contributed by atoms with E-state index >= 15 is 0 Å². The Morgan fingerprint density at radius 2 is 1.63 bits per heavy atom. The molecule has 12 heteroatoms. The first-order valence-electron chi connectivity index (χ1n) is 10.8. The average Bonchev–Trinajstić information content (AvgIpc) is 3.42. The molecule has 1 aromatic heterocycles. The second kappa shape index (κ2) is 11.8. The third-order valence-corrected chi connectivity index (χ3v) is 5.22. The van der Waals surface area contributed by atoms with Gasteiger partial charge in [0.25, 0.3) is 11.8 Å². The van der Waals surface area contributed by atoms with Gasteiger partial charge < -0.3 is 38.5 Å².